The van der Waals surface area contributed by atoms with E-state index in [-0.39, 0.29) is 11.4 Å². The fourth-order valence-electron chi connectivity index (χ4n) is 2.42. The second kappa shape index (κ2) is 7.55. The molecule has 27 heavy (non-hydrogen) atoms. The Morgan fingerprint density at radius 1 is 1.11 bits per heavy atom. The van der Waals surface area contributed by atoms with Crippen molar-refractivity contribution >= 4 is 27.3 Å². The van der Waals surface area contributed by atoms with Gasteiger partial charge in [0.05, 0.1) is 17.5 Å². The van der Waals surface area contributed by atoms with Gasteiger partial charge in [0.15, 0.2) is 0 Å². The standard InChI is InChI=1S/C17H16F4N2O3S/c1-11(23(27(2,25)26)15-8-6-13(18)7-9-15)16(24)22-14-5-3-4-12(10-14)17(19,20)21/h3-11H,1-2H3,(H,22,24)/t11-/m1/s1. The van der Waals surface area contributed by atoms with Gasteiger partial charge in [0, 0.05) is 5.69 Å². The molecule has 1 amide bonds. The molecule has 10 heteroatoms. The normalized spacial score (nSPS) is 13.1. The van der Waals surface area contributed by atoms with Crippen LogP contribution in [0.1, 0.15) is 12.5 Å². The van der Waals surface area contributed by atoms with Crippen molar-refractivity contribution in [2.75, 3.05) is 15.9 Å². The lowest BCUT2D eigenvalue weighted by Gasteiger charge is -2.28. The highest BCUT2D eigenvalue weighted by molar-refractivity contribution is 7.92. The van der Waals surface area contributed by atoms with E-state index in [1.165, 1.54) is 25.1 Å². The predicted molar refractivity (Wildman–Crippen MR) is 93.3 cm³/mol. The number of amides is 1. The second-order valence-electron chi connectivity index (χ2n) is 5.78. The van der Waals surface area contributed by atoms with Gasteiger partial charge in [0.25, 0.3) is 0 Å². The van der Waals surface area contributed by atoms with Gasteiger partial charge >= 0.3 is 6.18 Å². The molecule has 0 unspecified atom stereocenters. The van der Waals surface area contributed by atoms with E-state index in [0.29, 0.717) is 0 Å². The number of benzene rings is 2. The summed E-state index contributed by atoms with van der Waals surface area (Å²) in [7, 11) is -3.93. The smallest absolute Gasteiger partial charge is 0.324 e. The molecular formula is C17H16F4N2O3S. The fourth-order valence-corrected chi connectivity index (χ4v) is 3.59. The Balaban J connectivity index is 2.29. The first kappa shape index (κ1) is 20.7. The predicted octanol–water partition coefficient (Wildman–Crippen LogP) is 3.64. The summed E-state index contributed by atoms with van der Waals surface area (Å²) in [6, 6.07) is 7.11. The molecule has 0 heterocycles. The van der Waals surface area contributed by atoms with Crippen molar-refractivity contribution in [1.29, 1.82) is 0 Å². The van der Waals surface area contributed by atoms with E-state index < -0.39 is 39.5 Å². The zero-order valence-electron chi connectivity index (χ0n) is 14.3. The zero-order valence-corrected chi connectivity index (χ0v) is 15.1. The third kappa shape index (κ3) is 5.19. The van der Waals surface area contributed by atoms with Gasteiger partial charge in [-0.3, -0.25) is 9.10 Å². The first-order chi connectivity index (χ1) is 12.4. The second-order valence-corrected chi connectivity index (χ2v) is 7.64. The molecule has 0 radical (unpaired) electrons. The molecule has 146 valence electrons. The molecule has 5 nitrogen and oxygen atoms in total. The van der Waals surface area contributed by atoms with Crippen molar-refractivity contribution in [3.05, 3.63) is 59.9 Å². The van der Waals surface area contributed by atoms with Gasteiger partial charge in [-0.05, 0) is 49.4 Å². The Labute approximate surface area is 153 Å². The van der Waals surface area contributed by atoms with Crippen molar-refractivity contribution in [2.45, 2.75) is 19.1 Å². The van der Waals surface area contributed by atoms with Crippen LogP contribution in [0.4, 0.5) is 28.9 Å². The van der Waals surface area contributed by atoms with Crippen molar-refractivity contribution in [1.82, 2.24) is 0 Å². The SMILES string of the molecule is C[C@H](C(=O)Nc1cccc(C(F)(F)F)c1)N(c1ccc(F)cc1)S(C)(=O)=O. The highest BCUT2D eigenvalue weighted by Gasteiger charge is 2.32. The average molecular weight is 404 g/mol. The number of anilines is 2. The lowest BCUT2D eigenvalue weighted by molar-refractivity contribution is -0.137. The molecule has 2 aromatic carbocycles. The molecule has 0 saturated heterocycles. The highest BCUT2D eigenvalue weighted by atomic mass is 32.2. The van der Waals surface area contributed by atoms with Crippen molar-refractivity contribution in [3.63, 3.8) is 0 Å². The van der Waals surface area contributed by atoms with Crippen LogP contribution in [0, 0.1) is 5.82 Å². The molecule has 2 aromatic rings. The Kier molecular flexibility index (Phi) is 5.79. The summed E-state index contributed by atoms with van der Waals surface area (Å²) >= 11 is 0. The van der Waals surface area contributed by atoms with Crippen molar-refractivity contribution in [3.8, 4) is 0 Å². The van der Waals surface area contributed by atoms with Gasteiger partial charge in [-0.15, -0.1) is 0 Å². The third-order valence-electron chi connectivity index (χ3n) is 3.63. The van der Waals surface area contributed by atoms with Crippen LogP contribution >= 0.6 is 0 Å². The maximum atomic E-state index is 13.1. The summed E-state index contributed by atoms with van der Waals surface area (Å²) < 4.78 is 76.4. The molecule has 0 aromatic heterocycles. The quantitative estimate of drug-likeness (QED) is 0.774. The van der Waals surface area contributed by atoms with Crippen LogP contribution < -0.4 is 9.62 Å². The van der Waals surface area contributed by atoms with Crippen molar-refractivity contribution < 1.29 is 30.8 Å². The number of hydrogen-bond donors (Lipinski definition) is 1. The van der Waals surface area contributed by atoms with Gasteiger partial charge in [-0.1, -0.05) is 6.07 Å². The monoisotopic (exact) mass is 404 g/mol. The molecule has 0 aliphatic rings. The molecule has 0 spiro atoms. The van der Waals surface area contributed by atoms with Crippen LogP contribution in [-0.2, 0) is 21.0 Å². The van der Waals surface area contributed by atoms with E-state index in [1.807, 2.05) is 0 Å². The number of nitrogens with one attached hydrogen (secondary N) is 1. The van der Waals surface area contributed by atoms with Gasteiger partial charge in [-0.2, -0.15) is 13.2 Å². The van der Waals surface area contributed by atoms with Gasteiger partial charge < -0.3 is 5.32 Å². The number of halogens is 4. The summed E-state index contributed by atoms with van der Waals surface area (Å²) in [6.07, 6.45) is -3.72. The van der Waals surface area contributed by atoms with E-state index in [0.717, 1.165) is 40.9 Å². The number of rotatable bonds is 5. The van der Waals surface area contributed by atoms with E-state index in [4.69, 9.17) is 0 Å². The summed E-state index contributed by atoms with van der Waals surface area (Å²) in [4.78, 5) is 12.4. The summed E-state index contributed by atoms with van der Waals surface area (Å²) in [6.45, 7) is 1.27. The maximum absolute atomic E-state index is 13.1. The first-order valence-corrected chi connectivity index (χ1v) is 9.47. The van der Waals surface area contributed by atoms with Crippen LogP contribution in [0.25, 0.3) is 0 Å². The van der Waals surface area contributed by atoms with Crippen LogP contribution in [0.2, 0.25) is 0 Å². The molecule has 0 aliphatic heterocycles. The Morgan fingerprint density at radius 3 is 2.22 bits per heavy atom. The zero-order chi connectivity index (χ0) is 20.4. The molecular weight excluding hydrogens is 388 g/mol. The molecule has 0 saturated carbocycles. The highest BCUT2D eigenvalue weighted by Crippen LogP contribution is 2.31. The van der Waals surface area contributed by atoms with Gasteiger partial charge in [0.2, 0.25) is 15.9 Å². The molecule has 0 fully saturated rings. The van der Waals surface area contributed by atoms with Crippen LogP contribution in [0.15, 0.2) is 48.5 Å². The maximum Gasteiger partial charge on any atom is 0.416 e. The number of alkyl halides is 3. The number of carbonyl (C=O) groups is 1. The third-order valence-corrected chi connectivity index (χ3v) is 4.87. The van der Waals surface area contributed by atoms with E-state index >= 15 is 0 Å². The molecule has 1 N–H and O–H groups in total. The Morgan fingerprint density at radius 2 is 1.70 bits per heavy atom. The minimum Gasteiger partial charge on any atom is -0.324 e. The van der Waals surface area contributed by atoms with Crippen LogP contribution in [0.3, 0.4) is 0 Å². The molecule has 0 bridgehead atoms. The lowest BCUT2D eigenvalue weighted by Crippen LogP contribution is -2.45. The molecule has 2 rings (SSSR count). The first-order valence-electron chi connectivity index (χ1n) is 7.62. The topological polar surface area (TPSA) is 66.5 Å². The van der Waals surface area contributed by atoms with E-state index in [9.17, 15) is 30.8 Å². The number of nitrogens with zero attached hydrogens (tertiary/aromatic N) is 1. The number of carbonyl (C=O) groups excluding carboxylic acids is 1. The lowest BCUT2D eigenvalue weighted by atomic mass is 10.2. The van der Waals surface area contributed by atoms with Gasteiger partial charge in [0.1, 0.15) is 11.9 Å². The van der Waals surface area contributed by atoms with Gasteiger partial charge in [-0.25, -0.2) is 12.8 Å². The number of hydrogen-bond acceptors (Lipinski definition) is 3. The minimum atomic E-state index is -4.58. The molecule has 1 atom stereocenters. The Hall–Kier alpha value is -2.62. The Bertz CT molecular complexity index is 928. The molecule has 0 aliphatic carbocycles. The summed E-state index contributed by atoms with van der Waals surface area (Å²) in [5, 5.41) is 2.27. The van der Waals surface area contributed by atoms with Crippen LogP contribution in [0.5, 0.6) is 0 Å². The largest absolute Gasteiger partial charge is 0.416 e. The van der Waals surface area contributed by atoms with E-state index in [1.54, 1.807) is 0 Å². The van der Waals surface area contributed by atoms with Crippen molar-refractivity contribution in [2.24, 2.45) is 0 Å². The fraction of sp³-hybridized carbons (Fsp3) is 0.235. The van der Waals surface area contributed by atoms with E-state index in [2.05, 4.69) is 5.32 Å². The van der Waals surface area contributed by atoms with Crippen LogP contribution in [-0.4, -0.2) is 26.6 Å². The summed E-state index contributed by atoms with van der Waals surface area (Å²) in [5.74, 6) is -1.43. The number of sulfonamides is 1. The minimum absolute atomic E-state index is 0.0468. The summed E-state index contributed by atoms with van der Waals surface area (Å²) in [5.41, 5.74) is -1.04. The average Bonchev–Trinajstić information content (AvgIpc) is 2.55.